The van der Waals surface area contributed by atoms with Crippen molar-refractivity contribution in [3.8, 4) is 0 Å². The van der Waals surface area contributed by atoms with Gasteiger partial charge < -0.3 is 15.4 Å². The molecule has 0 unspecified atom stereocenters. The van der Waals surface area contributed by atoms with Crippen molar-refractivity contribution < 1.29 is 14.7 Å². The van der Waals surface area contributed by atoms with Crippen LogP contribution in [-0.4, -0.2) is 32.5 Å². The van der Waals surface area contributed by atoms with Gasteiger partial charge in [-0.25, -0.2) is 9.78 Å². The molecule has 1 saturated carbocycles. The third-order valence-corrected chi connectivity index (χ3v) is 4.02. The Morgan fingerprint density at radius 3 is 2.74 bits per heavy atom. The summed E-state index contributed by atoms with van der Waals surface area (Å²) in [6.07, 6.45) is 2.10. The minimum Gasteiger partial charge on any atom is -0.480 e. The molecule has 1 heterocycles. The topological polar surface area (TPSA) is 112 Å². The standard InChI is InChI=1S/C16H17N3O4/c20-13(19-16(8-9-16)15(22)23)7-3-6-12-17-11-5-2-1-4-10(11)14(21)18-12/h1-2,4-5H,3,6-9H2,(H,19,20)(H,22,23)(H,17,18,21). The van der Waals surface area contributed by atoms with Crippen LogP contribution in [-0.2, 0) is 16.0 Å². The number of benzene rings is 1. The maximum Gasteiger partial charge on any atom is 0.329 e. The van der Waals surface area contributed by atoms with Crippen LogP contribution in [0.4, 0.5) is 0 Å². The summed E-state index contributed by atoms with van der Waals surface area (Å²) < 4.78 is 0. The predicted molar refractivity (Wildman–Crippen MR) is 83.0 cm³/mol. The number of nitrogens with zero attached hydrogens (tertiary/aromatic N) is 1. The fourth-order valence-electron chi connectivity index (χ4n) is 2.52. The summed E-state index contributed by atoms with van der Waals surface area (Å²) in [4.78, 5) is 41.8. The van der Waals surface area contributed by atoms with Crippen molar-refractivity contribution in [2.45, 2.75) is 37.6 Å². The van der Waals surface area contributed by atoms with Crippen molar-refractivity contribution >= 4 is 22.8 Å². The molecule has 1 amide bonds. The van der Waals surface area contributed by atoms with Gasteiger partial charge in [-0.2, -0.15) is 0 Å². The Bertz CT molecular complexity index is 823. The van der Waals surface area contributed by atoms with E-state index in [2.05, 4.69) is 15.3 Å². The molecule has 1 aromatic carbocycles. The molecule has 1 fully saturated rings. The molecule has 0 saturated heterocycles. The molecule has 7 heteroatoms. The largest absolute Gasteiger partial charge is 0.480 e. The first-order chi connectivity index (χ1) is 11.0. The zero-order valence-electron chi connectivity index (χ0n) is 12.5. The summed E-state index contributed by atoms with van der Waals surface area (Å²) in [5.41, 5.74) is -0.622. The van der Waals surface area contributed by atoms with Crippen LogP contribution in [0.5, 0.6) is 0 Å². The summed E-state index contributed by atoms with van der Waals surface area (Å²) in [7, 11) is 0. The molecule has 0 bridgehead atoms. The van der Waals surface area contributed by atoms with Crippen molar-refractivity contribution in [1.29, 1.82) is 0 Å². The molecule has 120 valence electrons. The normalized spacial score (nSPS) is 15.3. The number of nitrogens with one attached hydrogen (secondary N) is 2. The Labute approximate surface area is 131 Å². The highest BCUT2D eigenvalue weighted by molar-refractivity contribution is 5.89. The van der Waals surface area contributed by atoms with Crippen LogP contribution < -0.4 is 10.9 Å². The van der Waals surface area contributed by atoms with E-state index in [1.54, 1.807) is 18.2 Å². The van der Waals surface area contributed by atoms with Gasteiger partial charge in [-0.1, -0.05) is 12.1 Å². The number of rotatable bonds is 6. The fourth-order valence-corrected chi connectivity index (χ4v) is 2.52. The highest BCUT2D eigenvalue weighted by Gasteiger charge is 2.51. The van der Waals surface area contributed by atoms with Gasteiger partial charge in [0.2, 0.25) is 5.91 Å². The molecule has 3 N–H and O–H groups in total. The Morgan fingerprint density at radius 1 is 1.30 bits per heavy atom. The maximum atomic E-state index is 11.9. The monoisotopic (exact) mass is 315 g/mol. The van der Waals surface area contributed by atoms with Gasteiger partial charge in [-0.3, -0.25) is 9.59 Å². The van der Waals surface area contributed by atoms with E-state index in [4.69, 9.17) is 5.11 Å². The van der Waals surface area contributed by atoms with E-state index >= 15 is 0 Å². The lowest BCUT2D eigenvalue weighted by molar-refractivity contribution is -0.143. The van der Waals surface area contributed by atoms with Crippen molar-refractivity contribution in [2.75, 3.05) is 0 Å². The number of aromatic amines is 1. The molecular weight excluding hydrogens is 298 g/mol. The molecule has 2 aromatic rings. The van der Waals surface area contributed by atoms with Crippen LogP contribution >= 0.6 is 0 Å². The molecule has 0 radical (unpaired) electrons. The predicted octanol–water partition coefficient (Wildman–Crippen LogP) is 0.979. The van der Waals surface area contributed by atoms with E-state index in [9.17, 15) is 14.4 Å². The molecular formula is C16H17N3O4. The number of aliphatic carboxylic acids is 1. The second kappa shape index (κ2) is 5.83. The number of H-pyrrole nitrogens is 1. The third-order valence-electron chi connectivity index (χ3n) is 4.02. The van der Waals surface area contributed by atoms with Crippen molar-refractivity contribution in [1.82, 2.24) is 15.3 Å². The van der Waals surface area contributed by atoms with E-state index in [-0.39, 0.29) is 17.9 Å². The second-order valence-corrected chi connectivity index (χ2v) is 5.82. The molecule has 7 nitrogen and oxygen atoms in total. The van der Waals surface area contributed by atoms with E-state index in [1.165, 1.54) is 0 Å². The zero-order valence-corrected chi connectivity index (χ0v) is 12.5. The molecule has 23 heavy (non-hydrogen) atoms. The molecule has 3 rings (SSSR count). The fraction of sp³-hybridized carbons (Fsp3) is 0.375. The molecule has 0 spiro atoms. The highest BCUT2D eigenvalue weighted by atomic mass is 16.4. The SMILES string of the molecule is O=C(CCCc1nc2ccccc2c(=O)[nH]1)NC1(C(=O)O)CC1. The summed E-state index contributed by atoms with van der Waals surface area (Å²) in [6.45, 7) is 0. The van der Waals surface area contributed by atoms with Gasteiger partial charge in [-0.15, -0.1) is 0 Å². The number of carbonyl (C=O) groups is 2. The molecule has 1 aliphatic rings. The number of para-hydroxylation sites is 1. The number of hydrogen-bond donors (Lipinski definition) is 3. The molecule has 0 atom stereocenters. The lowest BCUT2D eigenvalue weighted by atomic mass is 10.2. The third kappa shape index (κ3) is 3.23. The first-order valence-electron chi connectivity index (χ1n) is 7.52. The average Bonchev–Trinajstić information content (AvgIpc) is 3.28. The average molecular weight is 315 g/mol. The van der Waals surface area contributed by atoms with Crippen molar-refractivity contribution in [3.05, 3.63) is 40.4 Å². The number of fused-ring (bicyclic) bond motifs is 1. The Kier molecular flexibility index (Phi) is 3.85. The highest BCUT2D eigenvalue weighted by Crippen LogP contribution is 2.35. The quantitative estimate of drug-likeness (QED) is 0.735. The maximum absolute atomic E-state index is 11.9. The number of carboxylic acid groups (broad SMARTS) is 1. The lowest BCUT2D eigenvalue weighted by Crippen LogP contribution is -2.42. The van der Waals surface area contributed by atoms with Gasteiger partial charge in [-0.05, 0) is 31.4 Å². The van der Waals surface area contributed by atoms with Crippen LogP contribution in [0, 0.1) is 0 Å². The first-order valence-corrected chi connectivity index (χ1v) is 7.52. The molecule has 1 aliphatic carbocycles. The van der Waals surface area contributed by atoms with Gasteiger partial charge in [0.1, 0.15) is 11.4 Å². The first kappa shape index (κ1) is 15.2. The lowest BCUT2D eigenvalue weighted by Gasteiger charge is -2.12. The van der Waals surface area contributed by atoms with Crippen LogP contribution in [0.15, 0.2) is 29.1 Å². The number of carboxylic acids is 1. The number of amides is 1. The summed E-state index contributed by atoms with van der Waals surface area (Å²) in [5, 5.41) is 12.1. The minimum absolute atomic E-state index is 0.196. The Morgan fingerprint density at radius 2 is 2.04 bits per heavy atom. The van der Waals surface area contributed by atoms with Gasteiger partial charge in [0.05, 0.1) is 10.9 Å². The van der Waals surface area contributed by atoms with E-state index in [0.717, 1.165) is 0 Å². The van der Waals surface area contributed by atoms with E-state index in [1.807, 2.05) is 6.07 Å². The summed E-state index contributed by atoms with van der Waals surface area (Å²) in [5.74, 6) is -0.736. The van der Waals surface area contributed by atoms with Crippen LogP contribution in [0.3, 0.4) is 0 Å². The van der Waals surface area contributed by atoms with Crippen LogP contribution in [0.25, 0.3) is 10.9 Å². The van der Waals surface area contributed by atoms with Crippen LogP contribution in [0.2, 0.25) is 0 Å². The molecule has 1 aromatic heterocycles. The number of hydrogen-bond acceptors (Lipinski definition) is 4. The van der Waals surface area contributed by atoms with Crippen LogP contribution in [0.1, 0.15) is 31.5 Å². The van der Waals surface area contributed by atoms with Crippen molar-refractivity contribution in [2.24, 2.45) is 0 Å². The van der Waals surface area contributed by atoms with Gasteiger partial charge in [0.25, 0.3) is 5.56 Å². The summed E-state index contributed by atoms with van der Waals surface area (Å²) in [6, 6.07) is 7.07. The van der Waals surface area contributed by atoms with Crippen molar-refractivity contribution in [3.63, 3.8) is 0 Å². The summed E-state index contributed by atoms with van der Waals surface area (Å²) >= 11 is 0. The number of carbonyl (C=O) groups excluding carboxylic acids is 1. The minimum atomic E-state index is -1.05. The Balaban J connectivity index is 1.58. The van der Waals surface area contributed by atoms with E-state index < -0.39 is 11.5 Å². The van der Waals surface area contributed by atoms with Gasteiger partial charge in [0.15, 0.2) is 0 Å². The second-order valence-electron chi connectivity index (χ2n) is 5.82. The number of aryl methyl sites for hydroxylation is 1. The Hall–Kier alpha value is -2.70. The van der Waals surface area contributed by atoms with Gasteiger partial charge in [0, 0.05) is 12.8 Å². The van der Waals surface area contributed by atoms with Gasteiger partial charge >= 0.3 is 5.97 Å². The zero-order chi connectivity index (χ0) is 16.4. The molecule has 0 aliphatic heterocycles. The number of aromatic nitrogens is 2. The smallest absolute Gasteiger partial charge is 0.329 e. The van der Waals surface area contributed by atoms with E-state index in [0.29, 0.717) is 42.4 Å².